The number of methoxy groups -OCH3 is 3. The van der Waals surface area contributed by atoms with Crippen LogP contribution in [0.1, 0.15) is 21.6 Å². The van der Waals surface area contributed by atoms with Crippen LogP contribution in [0.5, 0.6) is 11.5 Å². The molecule has 0 aliphatic carbocycles. The van der Waals surface area contributed by atoms with Gasteiger partial charge in [0.25, 0.3) is 5.91 Å². The fourth-order valence-corrected chi connectivity index (χ4v) is 2.38. The van der Waals surface area contributed by atoms with E-state index in [2.05, 4.69) is 21.2 Å². The molecule has 1 heterocycles. The van der Waals surface area contributed by atoms with Crippen molar-refractivity contribution in [1.29, 1.82) is 0 Å². The molecule has 0 aliphatic rings. The molecule has 1 aromatic heterocycles. The Hall–Kier alpha value is -3.47. The van der Waals surface area contributed by atoms with Crippen LogP contribution in [0.4, 0.5) is 0 Å². The summed E-state index contributed by atoms with van der Waals surface area (Å²) in [6, 6.07) is 2.08. The van der Waals surface area contributed by atoms with Crippen LogP contribution in [0.3, 0.4) is 0 Å². The smallest absolute Gasteiger partial charge is 0.328 e. The van der Waals surface area contributed by atoms with Gasteiger partial charge in [-0.25, -0.2) is 9.78 Å². The van der Waals surface area contributed by atoms with Crippen LogP contribution in [0, 0.1) is 12.3 Å². The van der Waals surface area contributed by atoms with Gasteiger partial charge in [0, 0.05) is 23.9 Å². The molecule has 0 radical (unpaired) electrons. The minimum Gasteiger partial charge on any atom is -0.495 e. The van der Waals surface area contributed by atoms with E-state index in [1.54, 1.807) is 6.20 Å². The van der Waals surface area contributed by atoms with E-state index in [1.165, 1.54) is 39.8 Å². The van der Waals surface area contributed by atoms with Crippen molar-refractivity contribution in [3.05, 3.63) is 41.5 Å². The van der Waals surface area contributed by atoms with Gasteiger partial charge in [-0.1, -0.05) is 5.92 Å². The molecule has 2 N–H and O–H groups in total. The first kappa shape index (κ1) is 18.9. The molecular weight excluding hydrogens is 338 g/mol. The van der Waals surface area contributed by atoms with E-state index < -0.39 is 17.9 Å². The predicted octanol–water partition coefficient (Wildman–Crippen LogP) is 0.922. The average Bonchev–Trinajstić information content (AvgIpc) is 3.18. The minimum absolute atomic E-state index is 0.203. The second-order valence-corrected chi connectivity index (χ2v) is 5.23. The standard InChI is InChI=1S/C18H19N3O5/c1-5-13-15(24-2)6-11(7-16(13)25-3)17(22)21-14(18(23)26-4)8-12-9-19-10-20-12/h1,6-7,9-10,14H,8H2,2-4H3,(H,19,20)(H,21,22)/t14-/m1/s1. The van der Waals surface area contributed by atoms with Gasteiger partial charge in [-0.2, -0.15) is 0 Å². The van der Waals surface area contributed by atoms with Crippen molar-refractivity contribution in [3.63, 3.8) is 0 Å². The van der Waals surface area contributed by atoms with Gasteiger partial charge in [0.1, 0.15) is 23.1 Å². The molecule has 0 saturated carbocycles. The molecule has 0 fully saturated rings. The van der Waals surface area contributed by atoms with Crippen LogP contribution in [0.2, 0.25) is 0 Å². The zero-order chi connectivity index (χ0) is 19.1. The molecule has 0 bridgehead atoms. The number of carbonyl (C=O) groups excluding carboxylic acids is 2. The van der Waals surface area contributed by atoms with Gasteiger partial charge in [-0.15, -0.1) is 6.42 Å². The zero-order valence-electron chi connectivity index (χ0n) is 14.7. The van der Waals surface area contributed by atoms with E-state index in [9.17, 15) is 9.59 Å². The van der Waals surface area contributed by atoms with E-state index in [0.717, 1.165) is 0 Å². The molecular formula is C18H19N3O5. The van der Waals surface area contributed by atoms with Crippen molar-refractivity contribution in [1.82, 2.24) is 15.3 Å². The topological polar surface area (TPSA) is 103 Å². The second kappa shape index (κ2) is 8.58. The fourth-order valence-electron chi connectivity index (χ4n) is 2.38. The number of rotatable bonds is 7. The average molecular weight is 357 g/mol. The number of nitrogens with one attached hydrogen (secondary N) is 2. The van der Waals surface area contributed by atoms with Gasteiger partial charge in [0.15, 0.2) is 0 Å². The summed E-state index contributed by atoms with van der Waals surface area (Å²) in [5, 5.41) is 2.64. The summed E-state index contributed by atoms with van der Waals surface area (Å²) in [4.78, 5) is 31.4. The number of esters is 1. The number of aromatic nitrogens is 2. The van der Waals surface area contributed by atoms with Crippen LogP contribution in [-0.2, 0) is 16.0 Å². The molecule has 1 aromatic carbocycles. The van der Waals surface area contributed by atoms with Crippen molar-refractivity contribution in [2.75, 3.05) is 21.3 Å². The maximum Gasteiger partial charge on any atom is 0.328 e. The molecule has 2 aromatic rings. The number of H-pyrrole nitrogens is 1. The van der Waals surface area contributed by atoms with Gasteiger partial charge in [0.2, 0.25) is 0 Å². The molecule has 8 nitrogen and oxygen atoms in total. The van der Waals surface area contributed by atoms with E-state index >= 15 is 0 Å². The Bertz CT molecular complexity index is 799. The van der Waals surface area contributed by atoms with Crippen LogP contribution in [-0.4, -0.2) is 49.2 Å². The lowest BCUT2D eigenvalue weighted by Gasteiger charge is -2.17. The Balaban J connectivity index is 2.28. The van der Waals surface area contributed by atoms with E-state index in [-0.39, 0.29) is 12.0 Å². The Morgan fingerprint density at radius 2 is 1.92 bits per heavy atom. The van der Waals surface area contributed by atoms with E-state index in [4.69, 9.17) is 20.6 Å². The van der Waals surface area contributed by atoms with Crippen molar-refractivity contribution in [2.24, 2.45) is 0 Å². The molecule has 1 amide bonds. The third kappa shape index (κ3) is 4.13. The summed E-state index contributed by atoms with van der Waals surface area (Å²) in [7, 11) is 4.13. The number of benzene rings is 1. The Kier molecular flexibility index (Phi) is 6.22. The summed E-state index contributed by atoms with van der Waals surface area (Å²) in [6.07, 6.45) is 8.72. The Labute approximate surface area is 150 Å². The zero-order valence-corrected chi connectivity index (χ0v) is 14.7. The Morgan fingerprint density at radius 1 is 1.27 bits per heavy atom. The molecule has 136 valence electrons. The third-order valence-corrected chi connectivity index (χ3v) is 3.68. The lowest BCUT2D eigenvalue weighted by molar-refractivity contribution is -0.142. The monoisotopic (exact) mass is 357 g/mol. The number of terminal acetylenes is 1. The van der Waals surface area contributed by atoms with Crippen LogP contribution in [0.25, 0.3) is 0 Å². The molecule has 0 unspecified atom stereocenters. The molecule has 0 spiro atoms. The molecule has 26 heavy (non-hydrogen) atoms. The lowest BCUT2D eigenvalue weighted by atomic mass is 10.1. The maximum atomic E-state index is 12.6. The van der Waals surface area contributed by atoms with E-state index in [1.807, 2.05) is 0 Å². The molecule has 8 heteroatoms. The number of amides is 1. The lowest BCUT2D eigenvalue weighted by Crippen LogP contribution is -2.43. The summed E-state index contributed by atoms with van der Waals surface area (Å²) < 4.78 is 15.2. The number of imidazole rings is 1. The van der Waals surface area contributed by atoms with Crippen molar-refractivity contribution in [2.45, 2.75) is 12.5 Å². The first-order valence-corrected chi connectivity index (χ1v) is 7.62. The predicted molar refractivity (Wildman–Crippen MR) is 93.0 cm³/mol. The summed E-state index contributed by atoms with van der Waals surface area (Å²) in [6.45, 7) is 0. The second-order valence-electron chi connectivity index (χ2n) is 5.23. The van der Waals surface area contributed by atoms with Crippen LogP contribution >= 0.6 is 0 Å². The summed E-state index contributed by atoms with van der Waals surface area (Å²) in [5.74, 6) is 2.03. The number of ether oxygens (including phenoxy) is 3. The minimum atomic E-state index is -0.891. The SMILES string of the molecule is C#Cc1c(OC)cc(C(=O)N[C@H](Cc2cnc[nH]2)C(=O)OC)cc1OC. The highest BCUT2D eigenvalue weighted by molar-refractivity contribution is 5.98. The molecule has 0 saturated heterocycles. The number of aromatic amines is 1. The molecule has 0 aliphatic heterocycles. The molecule has 1 atom stereocenters. The van der Waals surface area contributed by atoms with E-state index in [0.29, 0.717) is 22.8 Å². The normalized spacial score (nSPS) is 11.2. The van der Waals surface area contributed by atoms with Gasteiger partial charge in [0.05, 0.1) is 27.7 Å². The van der Waals surface area contributed by atoms with Crippen LogP contribution in [0.15, 0.2) is 24.7 Å². The number of hydrogen-bond acceptors (Lipinski definition) is 6. The fraction of sp³-hybridized carbons (Fsp3) is 0.278. The first-order valence-electron chi connectivity index (χ1n) is 7.62. The number of nitrogens with zero attached hydrogens (tertiary/aromatic N) is 1. The highest BCUT2D eigenvalue weighted by Gasteiger charge is 2.24. The maximum absolute atomic E-state index is 12.6. The highest BCUT2D eigenvalue weighted by Crippen LogP contribution is 2.29. The van der Waals surface area contributed by atoms with Gasteiger partial charge < -0.3 is 24.5 Å². The first-order chi connectivity index (χ1) is 12.5. The third-order valence-electron chi connectivity index (χ3n) is 3.68. The largest absolute Gasteiger partial charge is 0.495 e. The van der Waals surface area contributed by atoms with Crippen LogP contribution < -0.4 is 14.8 Å². The Morgan fingerprint density at radius 3 is 2.38 bits per heavy atom. The number of hydrogen-bond donors (Lipinski definition) is 2. The van der Waals surface area contributed by atoms with Crippen molar-refractivity contribution < 1.29 is 23.8 Å². The van der Waals surface area contributed by atoms with Gasteiger partial charge in [-0.05, 0) is 12.1 Å². The van der Waals surface area contributed by atoms with Gasteiger partial charge in [-0.3, -0.25) is 4.79 Å². The van der Waals surface area contributed by atoms with Crippen molar-refractivity contribution >= 4 is 11.9 Å². The quantitative estimate of drug-likeness (QED) is 0.564. The summed E-state index contributed by atoms with van der Waals surface area (Å²) in [5.41, 5.74) is 1.31. The highest BCUT2D eigenvalue weighted by atomic mass is 16.5. The summed E-state index contributed by atoms with van der Waals surface area (Å²) >= 11 is 0. The van der Waals surface area contributed by atoms with Gasteiger partial charge >= 0.3 is 5.97 Å². The van der Waals surface area contributed by atoms with Crippen molar-refractivity contribution in [3.8, 4) is 23.8 Å². The number of carbonyl (C=O) groups is 2. The molecule has 2 rings (SSSR count).